The molecular weight excluding hydrogens is 174 g/mol. The Balaban J connectivity index is 2.61. The molecule has 14 heavy (non-hydrogen) atoms. The predicted octanol–water partition coefficient (Wildman–Crippen LogP) is 2.19. The van der Waals surface area contributed by atoms with Crippen LogP contribution in [0.5, 0.6) is 0 Å². The van der Waals surface area contributed by atoms with Gasteiger partial charge in [0.05, 0.1) is 5.69 Å². The van der Waals surface area contributed by atoms with Crippen LogP contribution in [-0.2, 0) is 0 Å². The summed E-state index contributed by atoms with van der Waals surface area (Å²) in [7, 11) is 0. The Morgan fingerprint density at radius 2 is 1.71 bits per heavy atom. The van der Waals surface area contributed by atoms with Gasteiger partial charge in [-0.2, -0.15) is 5.10 Å². The van der Waals surface area contributed by atoms with Crippen molar-refractivity contribution in [3.63, 3.8) is 0 Å². The summed E-state index contributed by atoms with van der Waals surface area (Å²) in [6.45, 7) is 6.06. The number of hydrogen-bond donors (Lipinski definition) is 0. The number of rotatable bonds is 1. The molecule has 72 valence electrons. The van der Waals surface area contributed by atoms with Crippen LogP contribution in [0.1, 0.15) is 17.0 Å². The highest BCUT2D eigenvalue weighted by molar-refractivity contribution is 5.45. The first kappa shape index (κ1) is 8.94. The third-order valence-corrected chi connectivity index (χ3v) is 2.27. The quantitative estimate of drug-likeness (QED) is 0.685. The number of aromatic nitrogens is 3. The molecule has 0 saturated heterocycles. The molecule has 0 aliphatic rings. The number of aryl methyl sites for hydroxylation is 3. The third kappa shape index (κ3) is 1.41. The molecule has 0 spiro atoms. The molecule has 1 aromatic heterocycles. The molecule has 3 nitrogen and oxygen atoms in total. The van der Waals surface area contributed by atoms with E-state index in [1.165, 1.54) is 11.1 Å². The third-order valence-electron chi connectivity index (χ3n) is 2.27. The van der Waals surface area contributed by atoms with Crippen LogP contribution in [0.3, 0.4) is 0 Å². The summed E-state index contributed by atoms with van der Waals surface area (Å²) in [5.41, 5.74) is 3.57. The molecule has 2 aromatic rings. The van der Waals surface area contributed by atoms with E-state index in [-0.39, 0.29) is 0 Å². The second kappa shape index (κ2) is 3.25. The number of nitrogens with zero attached hydrogens (tertiary/aromatic N) is 3. The van der Waals surface area contributed by atoms with Crippen molar-refractivity contribution in [1.29, 1.82) is 0 Å². The molecule has 0 saturated carbocycles. The van der Waals surface area contributed by atoms with Crippen LogP contribution < -0.4 is 0 Å². The maximum Gasteiger partial charge on any atom is 0.147 e. The average Bonchev–Trinajstić information content (AvgIpc) is 2.51. The molecular formula is C11H13N3. The first-order valence-corrected chi connectivity index (χ1v) is 4.63. The fourth-order valence-corrected chi connectivity index (χ4v) is 1.62. The summed E-state index contributed by atoms with van der Waals surface area (Å²) in [6, 6.07) is 6.22. The fraction of sp³-hybridized carbons (Fsp3) is 0.273. The normalized spacial score (nSPS) is 10.5. The van der Waals surface area contributed by atoms with Crippen LogP contribution in [0, 0.1) is 20.8 Å². The van der Waals surface area contributed by atoms with E-state index < -0.39 is 0 Å². The van der Waals surface area contributed by atoms with Crippen molar-refractivity contribution in [2.75, 3.05) is 0 Å². The zero-order valence-electron chi connectivity index (χ0n) is 8.65. The van der Waals surface area contributed by atoms with Crippen LogP contribution in [0.15, 0.2) is 24.5 Å². The Hall–Kier alpha value is -1.64. The van der Waals surface area contributed by atoms with Gasteiger partial charge in [-0.05, 0) is 31.9 Å². The summed E-state index contributed by atoms with van der Waals surface area (Å²) >= 11 is 0. The van der Waals surface area contributed by atoms with Crippen LogP contribution in [0.2, 0.25) is 0 Å². The monoisotopic (exact) mass is 187 g/mol. The predicted molar refractivity (Wildman–Crippen MR) is 55.6 cm³/mol. The Labute approximate surface area is 83.4 Å². The van der Waals surface area contributed by atoms with E-state index in [0.717, 1.165) is 11.5 Å². The lowest BCUT2D eigenvalue weighted by molar-refractivity contribution is 0.848. The number of benzene rings is 1. The summed E-state index contributed by atoms with van der Waals surface area (Å²) in [5, 5.41) is 4.31. The van der Waals surface area contributed by atoms with Crippen LogP contribution in [-0.4, -0.2) is 14.8 Å². The summed E-state index contributed by atoms with van der Waals surface area (Å²) in [5.74, 6) is 0.799. The highest BCUT2D eigenvalue weighted by atomic mass is 15.3. The Bertz CT molecular complexity index is 437. The van der Waals surface area contributed by atoms with Gasteiger partial charge < -0.3 is 0 Å². The van der Waals surface area contributed by atoms with Crippen LogP contribution in [0.25, 0.3) is 5.69 Å². The van der Waals surface area contributed by atoms with Crippen molar-refractivity contribution in [2.45, 2.75) is 20.8 Å². The Kier molecular flexibility index (Phi) is 2.08. The van der Waals surface area contributed by atoms with Gasteiger partial charge in [0.1, 0.15) is 12.2 Å². The van der Waals surface area contributed by atoms with Crippen LogP contribution >= 0.6 is 0 Å². The average molecular weight is 187 g/mol. The minimum absolute atomic E-state index is 0.799. The number of para-hydroxylation sites is 1. The van der Waals surface area contributed by atoms with E-state index in [9.17, 15) is 0 Å². The molecule has 0 fully saturated rings. The molecule has 1 aromatic carbocycles. The molecule has 0 unspecified atom stereocenters. The van der Waals surface area contributed by atoms with Gasteiger partial charge in [-0.15, -0.1) is 0 Å². The molecule has 0 atom stereocenters. The highest BCUT2D eigenvalue weighted by Crippen LogP contribution is 2.16. The van der Waals surface area contributed by atoms with E-state index in [2.05, 4.69) is 42.1 Å². The molecule has 2 rings (SSSR count). The fourth-order valence-electron chi connectivity index (χ4n) is 1.62. The number of hydrogen-bond acceptors (Lipinski definition) is 2. The second-order valence-corrected chi connectivity index (χ2v) is 3.48. The minimum Gasteiger partial charge on any atom is -0.220 e. The Morgan fingerprint density at radius 1 is 1.07 bits per heavy atom. The molecule has 3 heteroatoms. The standard InChI is InChI=1S/C11H13N3/c1-8-5-4-6-9(2)11(8)14-7-12-10(3)13-14/h4-7H,1-3H3. The van der Waals surface area contributed by atoms with Crippen molar-refractivity contribution in [3.05, 3.63) is 41.5 Å². The van der Waals surface area contributed by atoms with Gasteiger partial charge in [0, 0.05) is 0 Å². The highest BCUT2D eigenvalue weighted by Gasteiger charge is 2.05. The molecule has 0 N–H and O–H groups in total. The lowest BCUT2D eigenvalue weighted by atomic mass is 10.1. The van der Waals surface area contributed by atoms with Crippen LogP contribution in [0.4, 0.5) is 0 Å². The topological polar surface area (TPSA) is 30.7 Å². The van der Waals surface area contributed by atoms with Gasteiger partial charge in [0.15, 0.2) is 0 Å². The smallest absolute Gasteiger partial charge is 0.147 e. The first-order chi connectivity index (χ1) is 6.68. The van der Waals surface area contributed by atoms with Gasteiger partial charge in [-0.3, -0.25) is 0 Å². The largest absolute Gasteiger partial charge is 0.220 e. The van der Waals surface area contributed by atoms with Gasteiger partial charge in [0.2, 0.25) is 0 Å². The van der Waals surface area contributed by atoms with E-state index in [1.54, 1.807) is 6.33 Å². The molecule has 0 aliphatic carbocycles. The SMILES string of the molecule is Cc1ncn(-c2c(C)cccc2C)n1. The zero-order chi connectivity index (χ0) is 10.1. The van der Waals surface area contributed by atoms with Gasteiger partial charge in [-0.1, -0.05) is 18.2 Å². The maximum atomic E-state index is 4.31. The van der Waals surface area contributed by atoms with Crippen molar-refractivity contribution >= 4 is 0 Å². The lowest BCUT2D eigenvalue weighted by Gasteiger charge is -2.07. The summed E-state index contributed by atoms with van der Waals surface area (Å²) in [4.78, 5) is 4.13. The van der Waals surface area contributed by atoms with Gasteiger partial charge in [-0.25, -0.2) is 9.67 Å². The van der Waals surface area contributed by atoms with E-state index in [4.69, 9.17) is 0 Å². The van der Waals surface area contributed by atoms with Crippen molar-refractivity contribution in [2.24, 2.45) is 0 Å². The van der Waals surface area contributed by atoms with E-state index >= 15 is 0 Å². The first-order valence-electron chi connectivity index (χ1n) is 4.63. The van der Waals surface area contributed by atoms with Gasteiger partial charge in [0.25, 0.3) is 0 Å². The second-order valence-electron chi connectivity index (χ2n) is 3.48. The zero-order valence-corrected chi connectivity index (χ0v) is 8.65. The summed E-state index contributed by atoms with van der Waals surface area (Å²) in [6.07, 6.45) is 1.75. The molecule has 0 bridgehead atoms. The van der Waals surface area contributed by atoms with E-state index in [1.807, 2.05) is 11.6 Å². The maximum absolute atomic E-state index is 4.31. The summed E-state index contributed by atoms with van der Waals surface area (Å²) < 4.78 is 1.83. The van der Waals surface area contributed by atoms with E-state index in [0.29, 0.717) is 0 Å². The lowest BCUT2D eigenvalue weighted by Crippen LogP contribution is -2.00. The Morgan fingerprint density at radius 3 is 2.21 bits per heavy atom. The molecule has 0 radical (unpaired) electrons. The van der Waals surface area contributed by atoms with Crippen molar-refractivity contribution in [3.8, 4) is 5.69 Å². The van der Waals surface area contributed by atoms with Crippen molar-refractivity contribution < 1.29 is 0 Å². The molecule has 0 aliphatic heterocycles. The molecule has 0 amide bonds. The molecule has 1 heterocycles. The van der Waals surface area contributed by atoms with Crippen molar-refractivity contribution in [1.82, 2.24) is 14.8 Å². The minimum atomic E-state index is 0.799. The van der Waals surface area contributed by atoms with Gasteiger partial charge >= 0.3 is 0 Å².